The smallest absolute Gasteiger partial charge is 0.147 e. The van der Waals surface area contributed by atoms with Crippen LogP contribution >= 0.6 is 0 Å². The SMILES string of the molecule is CCCCCCC1(CCCCCC)c2cccc(C#Cc3c4ccccc4cc4ccccc34)c2Oc2c(C#Cc3c4ccccc4c(C#Cc4cccc5c4Oc4c(C#Cc6c7ccccc7c(C#CC(C)(C)O)c7ccccc67)cccc4C5(CCCCCC)CCCCCC)c4ccccc34)cccc21. The van der Waals surface area contributed by atoms with Gasteiger partial charge in [-0.25, -0.2) is 0 Å². The molecule has 0 fully saturated rings. The van der Waals surface area contributed by atoms with Gasteiger partial charge in [-0.05, 0) is 134 Å². The Morgan fingerprint density at radius 3 is 0.769 bits per heavy atom. The molecule has 0 radical (unpaired) electrons. The molecule has 13 aromatic carbocycles. The van der Waals surface area contributed by atoms with E-state index in [0.717, 1.165) is 204 Å². The molecule has 0 amide bonds. The van der Waals surface area contributed by atoms with E-state index in [2.05, 4.69) is 311 Å². The molecule has 0 unspecified atom stereocenters. The average molecular weight is 1410 g/mol. The molecule has 2 aliphatic heterocycles. The summed E-state index contributed by atoms with van der Waals surface area (Å²) in [5, 5.41) is 23.7. The minimum Gasteiger partial charge on any atom is -0.454 e. The van der Waals surface area contributed by atoms with Gasteiger partial charge in [0, 0.05) is 60.9 Å². The fourth-order valence-electron chi connectivity index (χ4n) is 17.4. The van der Waals surface area contributed by atoms with Crippen LogP contribution in [0.5, 0.6) is 23.0 Å². The number of fused-ring (bicyclic) bond motifs is 10. The summed E-state index contributed by atoms with van der Waals surface area (Å²) in [6.45, 7) is 12.7. The normalized spacial score (nSPS) is 12.9. The Morgan fingerprint density at radius 1 is 0.269 bits per heavy atom. The van der Waals surface area contributed by atoms with Gasteiger partial charge in [-0.2, -0.15) is 0 Å². The van der Waals surface area contributed by atoms with E-state index < -0.39 is 5.60 Å². The van der Waals surface area contributed by atoms with E-state index in [4.69, 9.17) is 9.47 Å². The van der Waals surface area contributed by atoms with Crippen LogP contribution in [0, 0.1) is 59.2 Å². The van der Waals surface area contributed by atoms with Gasteiger partial charge in [0.25, 0.3) is 0 Å². The van der Waals surface area contributed by atoms with E-state index in [1.807, 2.05) is 0 Å². The summed E-state index contributed by atoms with van der Waals surface area (Å²) in [6, 6.07) is 80.5. The molecule has 0 bridgehead atoms. The van der Waals surface area contributed by atoms with Crippen LogP contribution < -0.4 is 9.47 Å². The van der Waals surface area contributed by atoms with Crippen molar-refractivity contribution in [1.29, 1.82) is 0 Å². The highest BCUT2D eigenvalue weighted by Gasteiger charge is 2.45. The highest BCUT2D eigenvalue weighted by atomic mass is 16.5. The summed E-state index contributed by atoms with van der Waals surface area (Å²) >= 11 is 0. The third-order valence-electron chi connectivity index (χ3n) is 22.8. The van der Waals surface area contributed by atoms with Crippen molar-refractivity contribution in [2.45, 2.75) is 186 Å². The first-order chi connectivity index (χ1) is 53.0. The van der Waals surface area contributed by atoms with Crippen LogP contribution in [0.1, 0.15) is 242 Å². The standard InChI is InChI=1S/C105H96O3/c1-7-11-15-31-68-104(69-32-16-12-8-2)95-55-35-41-74(59-63-90-80-45-21-19-39-78(80)73-79-40-20-22-46-81(79)90)99(95)107-100-75(42-36-56-96(100)104)60-64-91-82-47-23-25-49-84(82)92(85-50-26-24-48-83(85)91)65-61-76-43-37-57-97-101(76)108-102-77(44-38-58-98(102)105(97,70-33-17-13-9-3)71-34-18-14-10-4)62-66-93-86-51-27-29-53-88(86)94(67-72-103(5,6)106)89-54-30-28-52-87(89)93/h19-30,35-58,73,106H,7-18,31-34,68-71H2,1-6H3. The van der Waals surface area contributed by atoms with E-state index in [0.29, 0.717) is 0 Å². The molecule has 534 valence electrons. The largest absolute Gasteiger partial charge is 0.454 e. The van der Waals surface area contributed by atoms with E-state index >= 15 is 0 Å². The average Bonchev–Trinajstić information content (AvgIpc) is 0.720. The fourth-order valence-corrected chi connectivity index (χ4v) is 17.4. The van der Waals surface area contributed by atoms with Crippen molar-refractivity contribution in [3.63, 3.8) is 0 Å². The van der Waals surface area contributed by atoms with Crippen LogP contribution in [0.25, 0.3) is 64.6 Å². The van der Waals surface area contributed by atoms with E-state index in [1.54, 1.807) is 13.8 Å². The van der Waals surface area contributed by atoms with Crippen LogP contribution in [-0.2, 0) is 10.8 Å². The number of unbranched alkanes of at least 4 members (excludes halogenated alkanes) is 12. The molecule has 0 saturated carbocycles. The quantitative estimate of drug-likeness (QED) is 0.0470. The maximum atomic E-state index is 10.8. The second-order valence-electron chi connectivity index (χ2n) is 30.5. The molecule has 15 rings (SSSR count). The Labute approximate surface area is 640 Å². The zero-order valence-corrected chi connectivity index (χ0v) is 63.8. The van der Waals surface area contributed by atoms with Crippen LogP contribution in [0.2, 0.25) is 0 Å². The van der Waals surface area contributed by atoms with Crippen molar-refractivity contribution in [2.75, 3.05) is 0 Å². The molecule has 2 heterocycles. The van der Waals surface area contributed by atoms with Crippen molar-refractivity contribution < 1.29 is 14.6 Å². The molecule has 108 heavy (non-hydrogen) atoms. The summed E-state index contributed by atoms with van der Waals surface area (Å²) in [7, 11) is 0. The third kappa shape index (κ3) is 14.4. The van der Waals surface area contributed by atoms with Gasteiger partial charge < -0.3 is 14.6 Å². The molecule has 0 atom stereocenters. The highest BCUT2D eigenvalue weighted by Crippen LogP contribution is 2.57. The first-order valence-corrected chi connectivity index (χ1v) is 40.1. The Morgan fingerprint density at radius 2 is 0.509 bits per heavy atom. The van der Waals surface area contributed by atoms with Crippen LogP contribution in [0.4, 0.5) is 0 Å². The topological polar surface area (TPSA) is 38.7 Å². The van der Waals surface area contributed by atoms with Gasteiger partial charge >= 0.3 is 0 Å². The minimum atomic E-state index is -1.16. The molecule has 0 saturated heterocycles. The molecular weight excluding hydrogens is 1310 g/mol. The van der Waals surface area contributed by atoms with Crippen molar-refractivity contribution >= 4 is 64.6 Å². The molecule has 3 heteroatoms. The van der Waals surface area contributed by atoms with Gasteiger partial charge in [0.05, 0.1) is 22.3 Å². The molecule has 0 spiro atoms. The highest BCUT2D eigenvalue weighted by molar-refractivity contribution is 6.11. The van der Waals surface area contributed by atoms with Gasteiger partial charge in [0.2, 0.25) is 0 Å². The predicted molar refractivity (Wildman–Crippen MR) is 454 cm³/mol. The lowest BCUT2D eigenvalue weighted by atomic mass is 9.65. The maximum Gasteiger partial charge on any atom is 0.147 e. The first-order valence-electron chi connectivity index (χ1n) is 40.1. The van der Waals surface area contributed by atoms with Gasteiger partial charge in [-0.3, -0.25) is 0 Å². The zero-order chi connectivity index (χ0) is 74.0. The zero-order valence-electron chi connectivity index (χ0n) is 63.8. The summed E-state index contributed by atoms with van der Waals surface area (Å²) in [5.74, 6) is 40.3. The Hall–Kier alpha value is -11.2. The van der Waals surface area contributed by atoms with Crippen molar-refractivity contribution in [2.24, 2.45) is 0 Å². The van der Waals surface area contributed by atoms with E-state index in [9.17, 15) is 5.11 Å². The van der Waals surface area contributed by atoms with Crippen LogP contribution in [-0.4, -0.2) is 10.7 Å². The Kier molecular flexibility index (Phi) is 21.8. The van der Waals surface area contributed by atoms with Gasteiger partial charge in [-0.15, -0.1) is 0 Å². The molecule has 13 aromatic rings. The van der Waals surface area contributed by atoms with Gasteiger partial charge in [0.15, 0.2) is 0 Å². The van der Waals surface area contributed by atoms with Crippen molar-refractivity contribution in [3.05, 3.63) is 297 Å². The van der Waals surface area contributed by atoms with Crippen molar-refractivity contribution in [3.8, 4) is 82.2 Å². The summed E-state index contributed by atoms with van der Waals surface area (Å²) in [5.41, 5.74) is 11.3. The monoisotopic (exact) mass is 1400 g/mol. The van der Waals surface area contributed by atoms with Crippen molar-refractivity contribution in [1.82, 2.24) is 0 Å². The van der Waals surface area contributed by atoms with Crippen LogP contribution in [0.3, 0.4) is 0 Å². The fraction of sp³-hybridized carbons (Fsp3) is 0.276. The number of hydrogen-bond acceptors (Lipinski definition) is 3. The lowest BCUT2D eigenvalue weighted by Gasteiger charge is -2.41. The Bertz CT molecular complexity index is 5740. The molecule has 0 aliphatic carbocycles. The first kappa shape index (κ1) is 72.3. The van der Waals surface area contributed by atoms with E-state index in [-0.39, 0.29) is 10.8 Å². The van der Waals surface area contributed by atoms with Gasteiger partial charge in [-0.1, -0.05) is 384 Å². The lowest BCUT2D eigenvalue weighted by Crippen LogP contribution is -2.32. The van der Waals surface area contributed by atoms with Crippen LogP contribution in [0.15, 0.2) is 224 Å². The molecular formula is C105H96O3. The summed E-state index contributed by atoms with van der Waals surface area (Å²) in [6.07, 6.45) is 22.5. The molecule has 2 aliphatic rings. The maximum absolute atomic E-state index is 10.8. The van der Waals surface area contributed by atoms with Gasteiger partial charge in [0.1, 0.15) is 28.6 Å². The summed E-state index contributed by atoms with van der Waals surface area (Å²) in [4.78, 5) is 0. The van der Waals surface area contributed by atoms with E-state index in [1.165, 1.54) is 84.4 Å². The minimum absolute atomic E-state index is 0.311. The number of benzene rings is 13. The second-order valence-corrected chi connectivity index (χ2v) is 30.5. The number of ether oxygens (including phenoxy) is 2. The number of aliphatic hydroxyl groups is 1. The number of rotatable bonds is 20. The number of hydrogen-bond donors (Lipinski definition) is 1. The second kappa shape index (κ2) is 32.5. The predicted octanol–water partition coefficient (Wildman–Crippen LogP) is 27.0. The summed E-state index contributed by atoms with van der Waals surface area (Å²) < 4.78 is 15.1. The number of para-hydroxylation sites is 4. The molecule has 1 N–H and O–H groups in total. The molecule has 0 aromatic heterocycles. The Balaban J connectivity index is 0.861. The molecule has 3 nitrogen and oxygen atoms in total. The lowest BCUT2D eigenvalue weighted by molar-refractivity contribution is 0.143. The third-order valence-corrected chi connectivity index (χ3v) is 22.8.